The summed E-state index contributed by atoms with van der Waals surface area (Å²) in [4.78, 5) is 3.39. The van der Waals surface area contributed by atoms with Crippen LogP contribution in [0, 0.1) is 5.82 Å². The van der Waals surface area contributed by atoms with Crippen molar-refractivity contribution < 1.29 is 12.8 Å². The van der Waals surface area contributed by atoms with Crippen molar-refractivity contribution in [3.8, 4) is 0 Å². The van der Waals surface area contributed by atoms with Crippen molar-refractivity contribution >= 4 is 32.6 Å². The second-order valence-corrected chi connectivity index (χ2v) is 6.69. The Balaban J connectivity index is 2.41. The van der Waals surface area contributed by atoms with Crippen LogP contribution in [0.5, 0.6) is 0 Å². The number of aromatic nitrogens is 1. The zero-order valence-electron chi connectivity index (χ0n) is 9.90. The maximum Gasteiger partial charge on any atom is 0.242 e. The molecule has 102 valence electrons. The zero-order valence-corrected chi connectivity index (χ0v) is 12.9. The Morgan fingerprint density at radius 1 is 1.22 bits per heavy atom. The van der Waals surface area contributed by atoms with Gasteiger partial charge in [-0.25, -0.2) is 17.5 Å². The third-order valence-corrected chi connectivity index (χ3v) is 4.53. The van der Waals surface area contributed by atoms with Gasteiger partial charge < -0.3 is 0 Å². The normalized spacial score (nSPS) is 11.7. The molecule has 0 aromatic carbocycles. The van der Waals surface area contributed by atoms with Crippen LogP contribution >= 0.6 is 22.6 Å². The van der Waals surface area contributed by atoms with Crippen molar-refractivity contribution in [3.05, 3.63) is 24.3 Å². The number of halogens is 2. The Hall–Kier alpha value is -0.280. The Labute approximate surface area is 121 Å². The molecule has 18 heavy (non-hydrogen) atoms. The summed E-state index contributed by atoms with van der Waals surface area (Å²) in [6.45, 7) is 0.375. The first-order valence-corrected chi connectivity index (χ1v) is 8.73. The largest absolute Gasteiger partial charge is 0.260 e. The maximum atomic E-state index is 12.9. The molecule has 0 bridgehead atoms. The number of pyridine rings is 1. The van der Waals surface area contributed by atoms with Crippen LogP contribution < -0.4 is 4.72 Å². The monoisotopic (exact) mass is 386 g/mol. The predicted molar refractivity (Wildman–Crippen MR) is 76.7 cm³/mol. The lowest BCUT2D eigenvalue weighted by atomic mass is 10.2. The summed E-state index contributed by atoms with van der Waals surface area (Å²) in [5.74, 6) is -0.653. The van der Waals surface area contributed by atoms with Gasteiger partial charge in [-0.3, -0.25) is 4.98 Å². The fraction of sp³-hybridized carbons (Fsp3) is 0.545. The summed E-state index contributed by atoms with van der Waals surface area (Å²) in [5, 5.41) is 0. The molecule has 0 unspecified atom stereocenters. The van der Waals surface area contributed by atoms with Gasteiger partial charge in [0, 0.05) is 12.7 Å². The molecule has 0 aliphatic carbocycles. The van der Waals surface area contributed by atoms with E-state index >= 15 is 0 Å². The van der Waals surface area contributed by atoms with Gasteiger partial charge in [-0.05, 0) is 23.3 Å². The van der Waals surface area contributed by atoms with E-state index in [1.807, 2.05) is 0 Å². The summed E-state index contributed by atoms with van der Waals surface area (Å²) in [7, 11) is -3.63. The second kappa shape index (κ2) is 8.00. The molecule has 1 aromatic heterocycles. The minimum Gasteiger partial charge on any atom is -0.260 e. The number of nitrogens with one attached hydrogen (secondary N) is 1. The van der Waals surface area contributed by atoms with E-state index in [4.69, 9.17) is 0 Å². The lowest BCUT2D eigenvalue weighted by Gasteiger charge is -2.06. The van der Waals surface area contributed by atoms with E-state index in [0.29, 0.717) is 6.54 Å². The fourth-order valence-electron chi connectivity index (χ4n) is 1.40. The number of hydrogen-bond donors (Lipinski definition) is 1. The van der Waals surface area contributed by atoms with E-state index in [9.17, 15) is 12.8 Å². The first-order chi connectivity index (χ1) is 8.56. The number of alkyl halides is 1. The van der Waals surface area contributed by atoms with Crippen molar-refractivity contribution in [2.24, 2.45) is 0 Å². The fourth-order valence-corrected chi connectivity index (χ4v) is 2.99. The molecule has 7 heteroatoms. The topological polar surface area (TPSA) is 59.1 Å². The van der Waals surface area contributed by atoms with Gasteiger partial charge >= 0.3 is 0 Å². The highest BCUT2D eigenvalue weighted by Crippen LogP contribution is 2.08. The molecule has 0 aliphatic heterocycles. The van der Waals surface area contributed by atoms with Gasteiger partial charge in [0.1, 0.15) is 10.7 Å². The molecule has 0 saturated heterocycles. The van der Waals surface area contributed by atoms with Crippen molar-refractivity contribution in [1.82, 2.24) is 9.71 Å². The molecule has 1 aromatic rings. The minimum absolute atomic E-state index is 0.130. The van der Waals surface area contributed by atoms with Crippen LogP contribution in [-0.2, 0) is 10.0 Å². The highest BCUT2D eigenvalue weighted by atomic mass is 127. The first-order valence-electron chi connectivity index (χ1n) is 5.72. The summed E-state index contributed by atoms with van der Waals surface area (Å²) in [6.07, 6.45) is 6.16. The van der Waals surface area contributed by atoms with E-state index in [1.54, 1.807) is 0 Å². The summed E-state index contributed by atoms with van der Waals surface area (Å²) in [6, 6.07) is 0.964. The summed E-state index contributed by atoms with van der Waals surface area (Å²) in [5.41, 5.74) is 0. The maximum absolute atomic E-state index is 12.9. The molecule has 4 nitrogen and oxygen atoms in total. The highest BCUT2D eigenvalue weighted by molar-refractivity contribution is 14.1. The number of sulfonamides is 1. The molecule has 0 aliphatic rings. The van der Waals surface area contributed by atoms with E-state index in [-0.39, 0.29) is 4.90 Å². The Bertz CT molecular complexity index is 468. The van der Waals surface area contributed by atoms with Crippen LogP contribution in [0.4, 0.5) is 4.39 Å². The molecule has 0 fully saturated rings. The smallest absolute Gasteiger partial charge is 0.242 e. The molecule has 0 saturated carbocycles. The molecule has 1 heterocycles. The Morgan fingerprint density at radius 2 is 1.94 bits per heavy atom. The van der Waals surface area contributed by atoms with Gasteiger partial charge in [-0.1, -0.05) is 35.4 Å². The van der Waals surface area contributed by atoms with Gasteiger partial charge in [-0.2, -0.15) is 0 Å². The molecule has 0 spiro atoms. The van der Waals surface area contributed by atoms with Crippen molar-refractivity contribution in [2.75, 3.05) is 11.0 Å². The van der Waals surface area contributed by atoms with E-state index < -0.39 is 15.8 Å². The van der Waals surface area contributed by atoms with Crippen LogP contribution in [0.1, 0.15) is 25.7 Å². The van der Waals surface area contributed by atoms with Crippen LogP contribution in [-0.4, -0.2) is 24.4 Å². The third kappa shape index (κ3) is 5.57. The van der Waals surface area contributed by atoms with Gasteiger partial charge in [0.25, 0.3) is 0 Å². The van der Waals surface area contributed by atoms with Crippen molar-refractivity contribution in [2.45, 2.75) is 30.6 Å². The quantitative estimate of drug-likeness (QED) is 0.424. The number of hydrogen-bond acceptors (Lipinski definition) is 3. The molecular formula is C11H16FIN2O2S. The molecular weight excluding hydrogens is 370 g/mol. The zero-order chi connectivity index (χ0) is 13.4. The van der Waals surface area contributed by atoms with Crippen LogP contribution in [0.3, 0.4) is 0 Å². The summed E-state index contributed by atoms with van der Waals surface area (Å²) < 4.78 is 39.9. The van der Waals surface area contributed by atoms with E-state index in [0.717, 1.165) is 48.6 Å². The lowest BCUT2D eigenvalue weighted by Crippen LogP contribution is -2.25. The summed E-state index contributed by atoms with van der Waals surface area (Å²) >= 11 is 2.32. The van der Waals surface area contributed by atoms with Crippen LogP contribution in [0.2, 0.25) is 0 Å². The Morgan fingerprint density at radius 3 is 2.61 bits per heavy atom. The van der Waals surface area contributed by atoms with Crippen LogP contribution in [0.25, 0.3) is 0 Å². The average molecular weight is 386 g/mol. The van der Waals surface area contributed by atoms with Gasteiger partial charge in [0.2, 0.25) is 10.0 Å². The lowest BCUT2D eigenvalue weighted by molar-refractivity contribution is 0.569. The van der Waals surface area contributed by atoms with E-state index in [2.05, 4.69) is 32.3 Å². The third-order valence-electron chi connectivity index (χ3n) is 2.34. The second-order valence-electron chi connectivity index (χ2n) is 3.84. The molecule has 1 rings (SSSR count). The van der Waals surface area contributed by atoms with Crippen molar-refractivity contribution in [3.63, 3.8) is 0 Å². The SMILES string of the molecule is O=S(=O)(NCCCCCCI)c1cncc(F)c1. The van der Waals surface area contributed by atoms with Gasteiger partial charge in [-0.15, -0.1) is 0 Å². The van der Waals surface area contributed by atoms with Gasteiger partial charge in [0.05, 0.1) is 6.20 Å². The minimum atomic E-state index is -3.63. The molecule has 0 atom stereocenters. The average Bonchev–Trinajstić information content (AvgIpc) is 2.33. The molecule has 1 N–H and O–H groups in total. The Kier molecular flexibility index (Phi) is 7.02. The molecule has 0 radical (unpaired) electrons. The van der Waals surface area contributed by atoms with Crippen LogP contribution in [0.15, 0.2) is 23.4 Å². The standard InChI is InChI=1S/C11H16FIN2O2S/c12-10-7-11(9-14-8-10)18(16,17)15-6-4-2-1-3-5-13/h7-9,15H,1-6H2. The molecule has 0 amide bonds. The number of unbranched alkanes of at least 4 members (excludes halogenated alkanes) is 3. The van der Waals surface area contributed by atoms with E-state index in [1.165, 1.54) is 0 Å². The first kappa shape index (κ1) is 15.8. The van der Waals surface area contributed by atoms with Crippen molar-refractivity contribution in [1.29, 1.82) is 0 Å². The predicted octanol–water partition coefficient (Wildman–Crippen LogP) is 2.49. The number of nitrogens with zero attached hydrogens (tertiary/aromatic N) is 1. The highest BCUT2D eigenvalue weighted by Gasteiger charge is 2.14. The number of rotatable bonds is 8. The van der Waals surface area contributed by atoms with Gasteiger partial charge in [0.15, 0.2) is 0 Å².